The molecule has 0 aliphatic rings. The Labute approximate surface area is 31.8 Å². The van der Waals surface area contributed by atoms with Crippen LogP contribution < -0.4 is 0 Å². The first-order valence-electron chi connectivity index (χ1n) is 1.33. The molecule has 0 amide bonds. The van der Waals surface area contributed by atoms with E-state index in [2.05, 4.69) is 0 Å². The van der Waals surface area contributed by atoms with E-state index in [-0.39, 0.29) is 0 Å². The van der Waals surface area contributed by atoms with Gasteiger partial charge in [-0.05, 0) is 0 Å². The lowest BCUT2D eigenvalue weighted by molar-refractivity contribution is 1.19. The van der Waals surface area contributed by atoms with Gasteiger partial charge in [0, 0.05) is 0 Å². The molecule has 26 valence electrons. The molecule has 0 heterocycles. The topological polar surface area (TPSA) is 0 Å². The fourth-order valence-electron chi connectivity index (χ4n) is 0. The van der Waals surface area contributed by atoms with Gasteiger partial charge in [0.1, 0.15) is 0 Å². The molecular formula is C3H6Cl-. The number of hydrogen-bond donors (Lipinski definition) is 0. The third kappa shape index (κ3) is 2.29. The summed E-state index contributed by atoms with van der Waals surface area (Å²) in [5.74, 6) is 1.60. The van der Waals surface area contributed by atoms with E-state index in [1.54, 1.807) is 5.88 Å². The Kier molecular flexibility index (Phi) is 3.53. The van der Waals surface area contributed by atoms with Gasteiger partial charge in [0.25, 0.3) is 0 Å². The van der Waals surface area contributed by atoms with Crippen molar-refractivity contribution in [3.05, 3.63) is 5.88 Å². The summed E-state index contributed by atoms with van der Waals surface area (Å²) in [5.41, 5.74) is 0. The number of hydrogen-bond acceptors (Lipinski definition) is 0. The van der Waals surface area contributed by atoms with Gasteiger partial charge in [-0.25, -0.2) is 5.88 Å². The van der Waals surface area contributed by atoms with Crippen LogP contribution in [0, 0.1) is 5.88 Å². The first kappa shape index (κ1) is 4.29. The molecule has 0 aromatic heterocycles. The summed E-state index contributed by atoms with van der Waals surface area (Å²) >= 11 is 5.06. The van der Waals surface area contributed by atoms with E-state index >= 15 is 0 Å². The second-order valence-electron chi connectivity index (χ2n) is 0.563. The molecule has 0 spiro atoms. The highest BCUT2D eigenvalue weighted by atomic mass is 35.5. The first-order chi connectivity index (χ1) is 1.91. The third-order valence-corrected chi connectivity index (χ3v) is 0.463. The molecule has 0 radical (unpaired) electrons. The third-order valence-electron chi connectivity index (χ3n) is 0.154. The molecule has 0 saturated carbocycles. The smallest absolute Gasteiger partial charge is 0.0916 e. The molecule has 0 unspecified atom stereocenters. The Balaban J connectivity index is 1.97. The predicted octanol–water partition coefficient (Wildman–Crippen LogP) is 1.80. The lowest BCUT2D eigenvalue weighted by Crippen LogP contribution is -1.44. The van der Waals surface area contributed by atoms with E-state index in [4.69, 9.17) is 11.6 Å². The van der Waals surface area contributed by atoms with Gasteiger partial charge in [0.2, 0.25) is 0 Å². The molecule has 1 heteroatoms. The second kappa shape index (κ2) is 3.29. The zero-order valence-electron chi connectivity index (χ0n) is 2.66. The molecule has 0 nitrogen and oxygen atoms in total. The molecule has 0 saturated heterocycles. The van der Waals surface area contributed by atoms with E-state index < -0.39 is 0 Å². The minimum absolute atomic E-state index is 0.960. The van der Waals surface area contributed by atoms with E-state index in [9.17, 15) is 0 Å². The van der Waals surface area contributed by atoms with Gasteiger partial charge in [0.15, 0.2) is 0 Å². The predicted molar refractivity (Wildman–Crippen MR) is 20.4 cm³/mol. The summed E-state index contributed by atoms with van der Waals surface area (Å²) in [4.78, 5) is 0. The van der Waals surface area contributed by atoms with Crippen molar-refractivity contribution in [2.75, 3.05) is 0 Å². The van der Waals surface area contributed by atoms with E-state index in [1.807, 2.05) is 6.92 Å². The lowest BCUT2D eigenvalue weighted by atomic mass is 10.6. The normalized spacial score (nSPS) is 7.50. The molecule has 0 fully saturated rings. The molecule has 0 aliphatic carbocycles. The maximum atomic E-state index is 5.06. The number of halogens is 1. The van der Waals surface area contributed by atoms with Gasteiger partial charge in [-0.2, -0.15) is 6.42 Å². The van der Waals surface area contributed by atoms with Gasteiger partial charge in [-0.15, -0.1) is 0 Å². The highest BCUT2D eigenvalue weighted by Gasteiger charge is 1.41. The van der Waals surface area contributed by atoms with E-state index in [1.165, 1.54) is 0 Å². The van der Waals surface area contributed by atoms with Crippen molar-refractivity contribution < 1.29 is 0 Å². The quantitative estimate of drug-likeness (QED) is 0.419. The Morgan fingerprint density at radius 2 is 2.25 bits per heavy atom. The summed E-state index contributed by atoms with van der Waals surface area (Å²) < 4.78 is 0. The van der Waals surface area contributed by atoms with Crippen molar-refractivity contribution in [1.82, 2.24) is 0 Å². The van der Waals surface area contributed by atoms with Crippen LogP contribution in [0.25, 0.3) is 0 Å². The molecule has 0 aromatic carbocycles. The molecule has 0 N–H and O–H groups in total. The fourth-order valence-corrected chi connectivity index (χ4v) is 0. The van der Waals surface area contributed by atoms with Crippen LogP contribution in [-0.2, 0) is 0 Å². The van der Waals surface area contributed by atoms with E-state index in [0.717, 1.165) is 6.42 Å². The van der Waals surface area contributed by atoms with Crippen molar-refractivity contribution >= 4 is 11.6 Å². The number of rotatable bonds is 1. The van der Waals surface area contributed by atoms with Crippen molar-refractivity contribution in [2.24, 2.45) is 0 Å². The Bertz CT molecular complexity index is 5.25. The highest BCUT2D eigenvalue weighted by Crippen LogP contribution is 1.85. The standard InChI is InChI=1S/C3H6Cl/c1-2-3-4/h3H,2H2,1H3/q-1. The van der Waals surface area contributed by atoms with Crippen LogP contribution in [0.4, 0.5) is 0 Å². The fraction of sp³-hybridized carbons (Fsp3) is 0.667. The maximum Gasteiger partial charge on any atom is -0.0916 e. The molecule has 0 bridgehead atoms. The minimum Gasteiger partial charge on any atom is -0.349 e. The highest BCUT2D eigenvalue weighted by molar-refractivity contribution is 6.22. The molecule has 0 aromatic rings. The minimum atomic E-state index is 0.960. The van der Waals surface area contributed by atoms with Gasteiger partial charge < -0.3 is 11.6 Å². The van der Waals surface area contributed by atoms with Crippen LogP contribution in [0.1, 0.15) is 13.3 Å². The Hall–Kier alpha value is 0.290. The van der Waals surface area contributed by atoms with Crippen molar-refractivity contribution in [2.45, 2.75) is 13.3 Å². The SMILES string of the molecule is CC[CH-]Cl. The average molecular weight is 77.5 g/mol. The maximum absolute atomic E-state index is 5.06. The second-order valence-corrected chi connectivity index (χ2v) is 0.871. The molecule has 4 heavy (non-hydrogen) atoms. The molecular weight excluding hydrogens is 71.5 g/mol. The summed E-state index contributed by atoms with van der Waals surface area (Å²) in [6.07, 6.45) is 0.960. The van der Waals surface area contributed by atoms with Gasteiger partial charge in [-0.1, -0.05) is 6.92 Å². The van der Waals surface area contributed by atoms with Gasteiger partial charge >= 0.3 is 0 Å². The summed E-state index contributed by atoms with van der Waals surface area (Å²) in [7, 11) is 0. The van der Waals surface area contributed by atoms with Crippen molar-refractivity contribution in [3.8, 4) is 0 Å². The zero-order valence-corrected chi connectivity index (χ0v) is 3.42. The summed E-state index contributed by atoms with van der Waals surface area (Å²) in [6.45, 7) is 1.99. The van der Waals surface area contributed by atoms with Crippen LogP contribution in [0.5, 0.6) is 0 Å². The van der Waals surface area contributed by atoms with E-state index in [0.29, 0.717) is 0 Å². The molecule has 0 aliphatic heterocycles. The van der Waals surface area contributed by atoms with Crippen LogP contribution in [0.2, 0.25) is 0 Å². The first-order valence-corrected chi connectivity index (χ1v) is 1.77. The van der Waals surface area contributed by atoms with Gasteiger partial charge in [-0.3, -0.25) is 0 Å². The largest absolute Gasteiger partial charge is 0.349 e. The Morgan fingerprint density at radius 1 is 2.00 bits per heavy atom. The molecule has 0 atom stereocenters. The van der Waals surface area contributed by atoms with Crippen LogP contribution in [-0.4, -0.2) is 0 Å². The summed E-state index contributed by atoms with van der Waals surface area (Å²) in [5, 5.41) is 0. The zero-order chi connectivity index (χ0) is 3.41. The molecule has 0 rings (SSSR count). The Morgan fingerprint density at radius 3 is 2.25 bits per heavy atom. The average Bonchev–Trinajstić information content (AvgIpc) is 1.37. The van der Waals surface area contributed by atoms with Crippen molar-refractivity contribution in [1.29, 1.82) is 0 Å². The summed E-state index contributed by atoms with van der Waals surface area (Å²) in [6, 6.07) is 0. The van der Waals surface area contributed by atoms with Crippen LogP contribution in [0.3, 0.4) is 0 Å². The van der Waals surface area contributed by atoms with Crippen molar-refractivity contribution in [3.63, 3.8) is 0 Å². The monoisotopic (exact) mass is 77.0 g/mol. The lowest BCUT2D eigenvalue weighted by Gasteiger charge is -1.83. The van der Waals surface area contributed by atoms with Crippen LogP contribution >= 0.6 is 11.6 Å². The van der Waals surface area contributed by atoms with Crippen LogP contribution in [0.15, 0.2) is 0 Å². The van der Waals surface area contributed by atoms with Gasteiger partial charge in [0.05, 0.1) is 0 Å².